The van der Waals surface area contributed by atoms with Crippen molar-refractivity contribution < 1.29 is 22.7 Å². The van der Waals surface area contributed by atoms with Gasteiger partial charge in [0, 0.05) is 24.6 Å². The maximum Gasteiger partial charge on any atom is 0.416 e. The minimum Gasteiger partial charge on any atom is -0.471 e. The standard InChI is InChI=1S/C17H17F3N4O2/c18-17(19,20)12-3-5-13(6-4-12)23-16(25)24-9-1-2-14(11-24)26-15-10-21-7-8-22-15/h3-8,10,14H,1-2,9,11H2,(H,23,25). The number of hydrogen-bond donors (Lipinski definition) is 1. The van der Waals surface area contributed by atoms with Gasteiger partial charge in [-0.1, -0.05) is 0 Å². The number of ether oxygens (including phenoxy) is 1. The van der Waals surface area contributed by atoms with E-state index in [1.807, 2.05) is 0 Å². The molecule has 1 saturated heterocycles. The molecule has 1 unspecified atom stereocenters. The molecule has 138 valence electrons. The Hall–Kier alpha value is -2.84. The maximum atomic E-state index is 12.6. The second-order valence-corrected chi connectivity index (χ2v) is 5.88. The number of benzene rings is 1. The summed E-state index contributed by atoms with van der Waals surface area (Å²) in [6, 6.07) is 3.96. The first-order valence-electron chi connectivity index (χ1n) is 8.08. The number of nitrogens with zero attached hydrogens (tertiary/aromatic N) is 3. The van der Waals surface area contributed by atoms with Gasteiger partial charge >= 0.3 is 12.2 Å². The molecular formula is C17H17F3N4O2. The molecule has 0 aliphatic carbocycles. The normalized spacial score (nSPS) is 17.7. The quantitative estimate of drug-likeness (QED) is 0.902. The molecule has 0 spiro atoms. The van der Waals surface area contributed by atoms with Crippen LogP contribution in [0.3, 0.4) is 0 Å². The highest BCUT2D eigenvalue weighted by Crippen LogP contribution is 2.30. The number of carbonyl (C=O) groups is 1. The summed E-state index contributed by atoms with van der Waals surface area (Å²) < 4.78 is 43.4. The van der Waals surface area contributed by atoms with E-state index in [9.17, 15) is 18.0 Å². The van der Waals surface area contributed by atoms with Gasteiger partial charge in [-0.3, -0.25) is 4.98 Å². The van der Waals surface area contributed by atoms with Crippen molar-refractivity contribution in [2.75, 3.05) is 18.4 Å². The van der Waals surface area contributed by atoms with Crippen LogP contribution in [-0.2, 0) is 6.18 Å². The van der Waals surface area contributed by atoms with E-state index in [4.69, 9.17) is 4.74 Å². The molecule has 6 nitrogen and oxygen atoms in total. The number of nitrogens with one attached hydrogen (secondary N) is 1. The van der Waals surface area contributed by atoms with Crippen molar-refractivity contribution in [2.24, 2.45) is 0 Å². The average molecular weight is 366 g/mol. The summed E-state index contributed by atoms with van der Waals surface area (Å²) >= 11 is 0. The molecule has 0 bridgehead atoms. The summed E-state index contributed by atoms with van der Waals surface area (Å²) in [4.78, 5) is 21.9. The van der Waals surface area contributed by atoms with Gasteiger partial charge in [0.2, 0.25) is 5.88 Å². The fourth-order valence-corrected chi connectivity index (χ4v) is 2.68. The zero-order chi connectivity index (χ0) is 18.6. The van der Waals surface area contributed by atoms with Gasteiger partial charge in [0.05, 0.1) is 18.3 Å². The van der Waals surface area contributed by atoms with E-state index in [1.165, 1.54) is 30.7 Å². The first-order valence-corrected chi connectivity index (χ1v) is 8.08. The highest BCUT2D eigenvalue weighted by Gasteiger charge is 2.30. The smallest absolute Gasteiger partial charge is 0.416 e. The number of piperidine rings is 1. The predicted molar refractivity (Wildman–Crippen MR) is 87.7 cm³/mol. The number of alkyl halides is 3. The fourth-order valence-electron chi connectivity index (χ4n) is 2.68. The summed E-state index contributed by atoms with van der Waals surface area (Å²) in [5, 5.41) is 2.61. The van der Waals surface area contributed by atoms with E-state index in [0.29, 0.717) is 24.7 Å². The molecule has 2 amide bonds. The molecule has 1 aliphatic rings. The largest absolute Gasteiger partial charge is 0.471 e. The SMILES string of the molecule is O=C(Nc1ccc(C(F)(F)F)cc1)N1CCCC(Oc2cnccn2)C1. The van der Waals surface area contributed by atoms with Crippen molar-refractivity contribution in [1.82, 2.24) is 14.9 Å². The molecule has 2 aromatic rings. The minimum absolute atomic E-state index is 0.209. The van der Waals surface area contributed by atoms with Crippen LogP contribution in [0.15, 0.2) is 42.9 Å². The summed E-state index contributed by atoms with van der Waals surface area (Å²) in [7, 11) is 0. The molecule has 1 aromatic heterocycles. The number of halogens is 3. The van der Waals surface area contributed by atoms with Gasteiger partial charge in [-0.2, -0.15) is 13.2 Å². The number of rotatable bonds is 3. The van der Waals surface area contributed by atoms with Gasteiger partial charge in [-0.05, 0) is 37.1 Å². The van der Waals surface area contributed by atoms with E-state index in [-0.39, 0.29) is 12.1 Å². The molecule has 26 heavy (non-hydrogen) atoms. The van der Waals surface area contributed by atoms with Crippen LogP contribution in [0.1, 0.15) is 18.4 Å². The summed E-state index contributed by atoms with van der Waals surface area (Å²) in [5.74, 6) is 0.391. The third-order valence-corrected chi connectivity index (χ3v) is 3.96. The third kappa shape index (κ3) is 4.62. The molecule has 0 saturated carbocycles. The zero-order valence-electron chi connectivity index (χ0n) is 13.7. The Balaban J connectivity index is 1.57. The lowest BCUT2D eigenvalue weighted by Crippen LogP contribution is -2.46. The Morgan fingerprint density at radius 2 is 2.00 bits per heavy atom. The first-order chi connectivity index (χ1) is 12.4. The second kappa shape index (κ2) is 7.59. The number of hydrogen-bond acceptors (Lipinski definition) is 4. The van der Waals surface area contributed by atoms with E-state index >= 15 is 0 Å². The first kappa shape index (κ1) is 18.0. The van der Waals surface area contributed by atoms with Crippen LogP contribution < -0.4 is 10.1 Å². The van der Waals surface area contributed by atoms with E-state index in [0.717, 1.165) is 25.0 Å². The Labute approximate surface area is 148 Å². The Bertz CT molecular complexity index is 738. The topological polar surface area (TPSA) is 67.4 Å². The number of carbonyl (C=O) groups excluding carboxylic acids is 1. The Morgan fingerprint density at radius 3 is 2.65 bits per heavy atom. The van der Waals surface area contributed by atoms with Crippen LogP contribution in [0.5, 0.6) is 5.88 Å². The van der Waals surface area contributed by atoms with Gasteiger partial charge in [0.1, 0.15) is 6.10 Å². The Morgan fingerprint density at radius 1 is 1.23 bits per heavy atom. The van der Waals surface area contributed by atoms with Crippen LogP contribution >= 0.6 is 0 Å². The maximum absolute atomic E-state index is 12.6. The second-order valence-electron chi connectivity index (χ2n) is 5.88. The zero-order valence-corrected chi connectivity index (χ0v) is 13.7. The number of anilines is 1. The van der Waals surface area contributed by atoms with Gasteiger partial charge in [0.15, 0.2) is 0 Å². The molecule has 1 fully saturated rings. The van der Waals surface area contributed by atoms with Crippen molar-refractivity contribution in [3.63, 3.8) is 0 Å². The van der Waals surface area contributed by atoms with Gasteiger partial charge < -0.3 is 15.0 Å². The highest BCUT2D eigenvalue weighted by molar-refractivity contribution is 5.89. The van der Waals surface area contributed by atoms with E-state index in [2.05, 4.69) is 15.3 Å². The van der Waals surface area contributed by atoms with Crippen molar-refractivity contribution >= 4 is 11.7 Å². The number of amides is 2. The van der Waals surface area contributed by atoms with E-state index < -0.39 is 11.7 Å². The fraction of sp³-hybridized carbons (Fsp3) is 0.353. The molecule has 3 rings (SSSR count). The van der Waals surface area contributed by atoms with Crippen molar-refractivity contribution in [3.05, 3.63) is 48.4 Å². The highest BCUT2D eigenvalue weighted by atomic mass is 19.4. The summed E-state index contributed by atoms with van der Waals surface area (Å²) in [5.41, 5.74) is -0.453. The number of likely N-dealkylation sites (tertiary alicyclic amines) is 1. The van der Waals surface area contributed by atoms with Crippen LogP contribution in [0.25, 0.3) is 0 Å². The predicted octanol–water partition coefficient (Wildman–Crippen LogP) is 3.57. The van der Waals surface area contributed by atoms with Crippen LogP contribution in [0.2, 0.25) is 0 Å². The van der Waals surface area contributed by atoms with Crippen molar-refractivity contribution in [2.45, 2.75) is 25.1 Å². The van der Waals surface area contributed by atoms with Gasteiger partial charge in [-0.25, -0.2) is 9.78 Å². The molecule has 1 aromatic carbocycles. The van der Waals surface area contributed by atoms with E-state index in [1.54, 1.807) is 4.90 Å². The molecule has 1 N–H and O–H groups in total. The van der Waals surface area contributed by atoms with Crippen LogP contribution in [0.4, 0.5) is 23.7 Å². The lowest BCUT2D eigenvalue weighted by atomic mass is 10.1. The molecular weight excluding hydrogens is 349 g/mol. The van der Waals surface area contributed by atoms with Crippen LogP contribution in [-0.4, -0.2) is 40.1 Å². The molecule has 9 heteroatoms. The molecule has 1 atom stereocenters. The average Bonchev–Trinajstić information content (AvgIpc) is 2.62. The molecule has 0 radical (unpaired) electrons. The van der Waals surface area contributed by atoms with Crippen molar-refractivity contribution in [1.29, 1.82) is 0 Å². The Kier molecular flexibility index (Phi) is 5.24. The number of aromatic nitrogens is 2. The van der Waals surface area contributed by atoms with Gasteiger partial charge in [0.25, 0.3) is 0 Å². The lowest BCUT2D eigenvalue weighted by molar-refractivity contribution is -0.137. The minimum atomic E-state index is -4.40. The molecule has 1 aliphatic heterocycles. The monoisotopic (exact) mass is 366 g/mol. The third-order valence-electron chi connectivity index (χ3n) is 3.96. The molecule has 2 heterocycles. The summed E-state index contributed by atoms with van der Waals surface area (Å²) in [6.45, 7) is 0.913. The van der Waals surface area contributed by atoms with Crippen molar-refractivity contribution in [3.8, 4) is 5.88 Å². The number of urea groups is 1. The van der Waals surface area contributed by atoms with Gasteiger partial charge in [-0.15, -0.1) is 0 Å². The lowest BCUT2D eigenvalue weighted by Gasteiger charge is -2.32. The summed E-state index contributed by atoms with van der Waals surface area (Å²) in [6.07, 6.45) is 1.48. The van der Waals surface area contributed by atoms with Crippen LogP contribution in [0, 0.1) is 0 Å².